The van der Waals surface area contributed by atoms with Gasteiger partial charge in [-0.15, -0.1) is 0 Å². The molecule has 0 saturated heterocycles. The summed E-state index contributed by atoms with van der Waals surface area (Å²) in [6.07, 6.45) is 8.44. The molecule has 1 saturated carbocycles. The molecule has 1 aromatic carbocycles. The molecule has 1 N–H and O–H groups in total. The van der Waals surface area contributed by atoms with E-state index in [-0.39, 0.29) is 18.1 Å². The number of nitriles is 1. The van der Waals surface area contributed by atoms with Crippen LogP contribution in [0.1, 0.15) is 51.5 Å². The summed E-state index contributed by atoms with van der Waals surface area (Å²) in [5.41, 5.74) is 1.14. The highest BCUT2D eigenvalue weighted by atomic mass is 79.9. The maximum atomic E-state index is 12.5. The van der Waals surface area contributed by atoms with Crippen LogP contribution in [-0.2, 0) is 4.79 Å². The van der Waals surface area contributed by atoms with Gasteiger partial charge in [0.1, 0.15) is 17.5 Å². The van der Waals surface area contributed by atoms with Crippen LogP contribution in [0.2, 0.25) is 0 Å². The van der Waals surface area contributed by atoms with E-state index in [1.807, 2.05) is 24.4 Å². The van der Waals surface area contributed by atoms with Crippen molar-refractivity contribution in [1.82, 2.24) is 5.32 Å². The molecule has 1 atom stereocenters. The number of aliphatic imine (C=N–C) groups is 1. The van der Waals surface area contributed by atoms with E-state index in [4.69, 9.17) is 10.00 Å². The van der Waals surface area contributed by atoms with Gasteiger partial charge in [-0.1, -0.05) is 19.9 Å². The molecule has 1 fully saturated rings. The highest BCUT2D eigenvalue weighted by Gasteiger charge is 2.25. The van der Waals surface area contributed by atoms with E-state index in [0.717, 1.165) is 42.3 Å². The number of allylic oxidation sites excluding steroid dienone is 1. The lowest BCUT2D eigenvalue weighted by Gasteiger charge is -2.30. The van der Waals surface area contributed by atoms with E-state index in [2.05, 4.69) is 46.2 Å². The van der Waals surface area contributed by atoms with E-state index in [9.17, 15) is 4.79 Å². The number of rotatable bonds is 5. The molecule has 0 radical (unpaired) electrons. The van der Waals surface area contributed by atoms with Crippen molar-refractivity contribution in [1.29, 1.82) is 5.26 Å². The Morgan fingerprint density at radius 1 is 1.32 bits per heavy atom. The summed E-state index contributed by atoms with van der Waals surface area (Å²) >= 11 is 3.39. The van der Waals surface area contributed by atoms with Crippen molar-refractivity contribution in [2.45, 2.75) is 58.1 Å². The van der Waals surface area contributed by atoms with Crippen LogP contribution in [0.15, 0.2) is 39.4 Å². The zero-order chi connectivity index (χ0) is 20.1. The lowest BCUT2D eigenvalue weighted by Crippen LogP contribution is -2.40. The second-order valence-corrected chi connectivity index (χ2v) is 8.68. The fourth-order valence-electron chi connectivity index (χ4n) is 3.57. The van der Waals surface area contributed by atoms with Gasteiger partial charge >= 0.3 is 0 Å². The number of benzene rings is 1. The lowest BCUT2D eigenvalue weighted by atomic mass is 9.91. The molecular formula is C22H26BrN3O2. The van der Waals surface area contributed by atoms with Gasteiger partial charge in [0.15, 0.2) is 0 Å². The Morgan fingerprint density at radius 2 is 2.07 bits per heavy atom. The molecule has 0 spiro atoms. The molecule has 0 bridgehead atoms. The number of nitrogens with one attached hydrogen (secondary N) is 1. The van der Waals surface area contributed by atoms with E-state index >= 15 is 0 Å². The fraction of sp³-hybridized carbons (Fsp3) is 0.500. The summed E-state index contributed by atoms with van der Waals surface area (Å²) < 4.78 is 6.80. The van der Waals surface area contributed by atoms with Crippen molar-refractivity contribution in [2.24, 2.45) is 16.8 Å². The Bertz CT molecular complexity index is 818. The quantitative estimate of drug-likeness (QED) is 0.712. The second kappa shape index (κ2) is 9.38. The van der Waals surface area contributed by atoms with Crippen LogP contribution in [0.3, 0.4) is 0 Å². The van der Waals surface area contributed by atoms with Crippen LogP contribution in [0.5, 0.6) is 5.75 Å². The number of ether oxygens (including phenoxy) is 1. The molecule has 148 valence electrons. The van der Waals surface area contributed by atoms with Crippen LogP contribution in [0.25, 0.3) is 0 Å². The van der Waals surface area contributed by atoms with Gasteiger partial charge in [-0.3, -0.25) is 9.79 Å². The Balaban J connectivity index is 1.45. The van der Waals surface area contributed by atoms with Gasteiger partial charge in [-0.05, 0) is 72.2 Å². The zero-order valence-corrected chi connectivity index (χ0v) is 17.9. The lowest BCUT2D eigenvalue weighted by molar-refractivity contribution is -0.118. The highest BCUT2D eigenvalue weighted by molar-refractivity contribution is 9.10. The van der Waals surface area contributed by atoms with Gasteiger partial charge in [0, 0.05) is 22.6 Å². The minimum Gasteiger partial charge on any atom is -0.490 e. The number of halogens is 1. The Morgan fingerprint density at radius 3 is 2.64 bits per heavy atom. The predicted octanol–water partition coefficient (Wildman–Crippen LogP) is 4.76. The molecular weight excluding hydrogens is 418 g/mol. The van der Waals surface area contributed by atoms with Gasteiger partial charge in [-0.25, -0.2) is 0 Å². The van der Waals surface area contributed by atoms with Crippen molar-refractivity contribution < 1.29 is 9.53 Å². The first-order valence-electron chi connectivity index (χ1n) is 9.87. The number of hydrogen-bond donors (Lipinski definition) is 1. The average Bonchev–Trinajstić information content (AvgIpc) is 2.69. The predicted molar refractivity (Wildman–Crippen MR) is 113 cm³/mol. The monoisotopic (exact) mass is 443 g/mol. The minimum atomic E-state index is -0.0705. The number of amides is 1. The van der Waals surface area contributed by atoms with E-state index in [0.29, 0.717) is 23.1 Å². The van der Waals surface area contributed by atoms with Gasteiger partial charge in [-0.2, -0.15) is 5.26 Å². The molecule has 6 heteroatoms. The molecule has 1 aromatic rings. The van der Waals surface area contributed by atoms with Crippen LogP contribution >= 0.6 is 15.9 Å². The fourth-order valence-corrected chi connectivity index (χ4v) is 4.02. The summed E-state index contributed by atoms with van der Waals surface area (Å²) in [5, 5.41) is 12.1. The molecule has 3 rings (SSSR count). The normalized spacial score (nSPS) is 24.4. The topological polar surface area (TPSA) is 74.5 Å². The summed E-state index contributed by atoms with van der Waals surface area (Å²) in [5.74, 6) is 1.65. The Labute approximate surface area is 175 Å². The standard InChI is InChI=1S/C22H26BrN3O2/c1-14(2)16-4-10-21(25-13-16)22(27)26-17-5-8-18(9-6-17)28-19-7-3-15(12-24)20(23)11-19/h3,7,10-11,13-14,16-18H,4-6,8-9H2,1-2H3,(H,26,27)/t16?,17-,18-. The maximum absolute atomic E-state index is 12.5. The molecule has 1 aliphatic heterocycles. The first kappa shape index (κ1) is 20.6. The molecule has 0 aromatic heterocycles. The molecule has 1 unspecified atom stereocenters. The van der Waals surface area contributed by atoms with Crippen molar-refractivity contribution in [3.05, 3.63) is 40.0 Å². The third-order valence-corrected chi connectivity index (χ3v) is 6.11. The molecule has 5 nitrogen and oxygen atoms in total. The van der Waals surface area contributed by atoms with Gasteiger partial charge in [0.2, 0.25) is 0 Å². The summed E-state index contributed by atoms with van der Waals surface area (Å²) in [7, 11) is 0. The van der Waals surface area contributed by atoms with Crippen LogP contribution in [0.4, 0.5) is 0 Å². The first-order valence-corrected chi connectivity index (χ1v) is 10.7. The highest BCUT2D eigenvalue weighted by Crippen LogP contribution is 2.28. The van der Waals surface area contributed by atoms with Gasteiger partial charge < -0.3 is 10.1 Å². The number of hydrogen-bond acceptors (Lipinski definition) is 4. The van der Waals surface area contributed by atoms with Crippen molar-refractivity contribution in [2.75, 3.05) is 0 Å². The van der Waals surface area contributed by atoms with Crippen LogP contribution in [-0.4, -0.2) is 24.3 Å². The Kier molecular flexibility index (Phi) is 6.90. The summed E-state index contributed by atoms with van der Waals surface area (Å²) in [4.78, 5) is 16.8. The summed E-state index contributed by atoms with van der Waals surface area (Å²) in [6, 6.07) is 7.72. The third kappa shape index (κ3) is 5.23. The number of carbonyl (C=O) groups excluding carboxylic acids is 1. The zero-order valence-electron chi connectivity index (χ0n) is 16.3. The van der Waals surface area contributed by atoms with E-state index in [1.165, 1.54) is 0 Å². The smallest absolute Gasteiger partial charge is 0.269 e. The number of nitrogens with zero attached hydrogens (tertiary/aromatic N) is 2. The van der Waals surface area contributed by atoms with E-state index < -0.39 is 0 Å². The number of carbonyl (C=O) groups is 1. The van der Waals surface area contributed by atoms with Crippen LogP contribution < -0.4 is 10.1 Å². The third-order valence-electron chi connectivity index (χ3n) is 5.45. The van der Waals surface area contributed by atoms with Crippen molar-refractivity contribution in [3.63, 3.8) is 0 Å². The molecule has 28 heavy (non-hydrogen) atoms. The van der Waals surface area contributed by atoms with Gasteiger partial charge in [0.25, 0.3) is 5.91 Å². The molecule has 1 aliphatic carbocycles. The average molecular weight is 444 g/mol. The second-order valence-electron chi connectivity index (χ2n) is 7.83. The largest absolute Gasteiger partial charge is 0.490 e. The van der Waals surface area contributed by atoms with Crippen LogP contribution in [0, 0.1) is 23.2 Å². The maximum Gasteiger partial charge on any atom is 0.269 e. The summed E-state index contributed by atoms with van der Waals surface area (Å²) in [6.45, 7) is 4.35. The van der Waals surface area contributed by atoms with E-state index in [1.54, 1.807) is 6.07 Å². The van der Waals surface area contributed by atoms with Crippen molar-refractivity contribution in [3.8, 4) is 11.8 Å². The SMILES string of the molecule is CC(C)C1C=NC(C(=O)N[C@H]2CC[C@H](Oc3ccc(C#N)c(Br)c3)CC2)=CC1. The molecule has 2 aliphatic rings. The van der Waals surface area contributed by atoms with Crippen molar-refractivity contribution >= 4 is 28.1 Å². The van der Waals surface area contributed by atoms with Gasteiger partial charge in [0.05, 0.1) is 11.7 Å². The first-order chi connectivity index (χ1) is 13.5. The minimum absolute atomic E-state index is 0.0705. The molecule has 1 heterocycles. The molecule has 1 amide bonds. The Hall–Kier alpha value is -2.13.